The third kappa shape index (κ3) is 9.33. The Bertz CT molecular complexity index is 1670. The number of benzene rings is 4. The van der Waals surface area contributed by atoms with E-state index in [1.54, 1.807) is 12.1 Å². The first kappa shape index (κ1) is 34.0. The maximum atomic E-state index is 14.5. The predicted molar refractivity (Wildman–Crippen MR) is 181 cm³/mol. The van der Waals surface area contributed by atoms with Crippen molar-refractivity contribution in [2.75, 3.05) is 17.4 Å². The van der Waals surface area contributed by atoms with Crippen LogP contribution in [0.15, 0.2) is 108 Å². The second-order valence-corrected chi connectivity index (χ2v) is 13.5. The molecule has 0 unspecified atom stereocenters. The molecule has 0 aromatic heterocycles. The van der Waals surface area contributed by atoms with Gasteiger partial charge in [-0.3, -0.25) is 13.9 Å². The van der Waals surface area contributed by atoms with Crippen LogP contribution < -0.4 is 9.62 Å². The fourth-order valence-corrected chi connectivity index (χ4v) is 6.80. The number of halogens is 2. The number of hydrogen-bond acceptors (Lipinski definition) is 4. The highest BCUT2D eigenvalue weighted by Gasteiger charge is 2.34. The molecule has 4 rings (SSSR count). The fourth-order valence-electron chi connectivity index (χ4n) is 4.89. The zero-order chi connectivity index (χ0) is 32.4. The molecule has 1 N–H and O–H groups in total. The van der Waals surface area contributed by atoms with Crippen molar-refractivity contribution in [1.82, 2.24) is 10.2 Å². The van der Waals surface area contributed by atoms with Crippen LogP contribution in [0.2, 0.25) is 10.0 Å². The number of aryl methyl sites for hydroxylation is 1. The lowest BCUT2D eigenvalue weighted by atomic mass is 10.0. The molecule has 0 saturated heterocycles. The molecule has 10 heteroatoms. The van der Waals surface area contributed by atoms with Crippen LogP contribution in [0.1, 0.15) is 36.5 Å². The Balaban J connectivity index is 1.80. The molecule has 0 saturated carbocycles. The highest BCUT2D eigenvalue weighted by atomic mass is 35.5. The van der Waals surface area contributed by atoms with Gasteiger partial charge in [-0.2, -0.15) is 0 Å². The first-order valence-electron chi connectivity index (χ1n) is 14.8. The Morgan fingerprint density at radius 1 is 0.822 bits per heavy atom. The number of amides is 2. The van der Waals surface area contributed by atoms with Crippen molar-refractivity contribution in [1.29, 1.82) is 0 Å². The number of carbonyl (C=O) groups excluding carboxylic acids is 2. The third-order valence-corrected chi connectivity index (χ3v) is 9.54. The van der Waals surface area contributed by atoms with Crippen molar-refractivity contribution in [3.63, 3.8) is 0 Å². The zero-order valence-corrected chi connectivity index (χ0v) is 27.7. The number of carbonyl (C=O) groups is 2. The molecule has 0 radical (unpaired) electrons. The van der Waals surface area contributed by atoms with Crippen LogP contribution in [-0.4, -0.2) is 44.3 Å². The van der Waals surface area contributed by atoms with Gasteiger partial charge in [0.2, 0.25) is 11.8 Å². The van der Waals surface area contributed by atoms with E-state index in [-0.39, 0.29) is 39.5 Å². The van der Waals surface area contributed by atoms with Gasteiger partial charge in [0.05, 0.1) is 10.6 Å². The quantitative estimate of drug-likeness (QED) is 0.146. The molecule has 7 nitrogen and oxygen atoms in total. The van der Waals surface area contributed by atoms with Crippen molar-refractivity contribution < 1.29 is 18.0 Å². The second kappa shape index (κ2) is 15.9. The SMILES string of the molecule is CCCCNC(=O)[C@H](Cc1ccccc1)N(Cc1ccccc1)C(=O)CN(c1cc(Cl)cc(Cl)c1)S(=O)(=O)c1ccc(C)cc1. The molecule has 0 fully saturated rings. The Kier molecular flexibility index (Phi) is 12.0. The van der Waals surface area contributed by atoms with E-state index < -0.39 is 28.5 Å². The van der Waals surface area contributed by atoms with Crippen LogP contribution in [0.5, 0.6) is 0 Å². The Labute approximate surface area is 275 Å². The second-order valence-electron chi connectivity index (χ2n) is 10.8. The number of nitrogens with one attached hydrogen (secondary N) is 1. The lowest BCUT2D eigenvalue weighted by Gasteiger charge is -2.34. The smallest absolute Gasteiger partial charge is 0.264 e. The molecule has 0 aliphatic carbocycles. The van der Waals surface area contributed by atoms with Gasteiger partial charge in [0.1, 0.15) is 12.6 Å². The molecule has 0 spiro atoms. The first-order valence-corrected chi connectivity index (χ1v) is 17.0. The molecule has 0 bridgehead atoms. The van der Waals surface area contributed by atoms with Gasteiger partial charge >= 0.3 is 0 Å². The summed E-state index contributed by atoms with van der Waals surface area (Å²) in [6, 6.07) is 28.6. The number of unbranched alkanes of at least 4 members (excludes halogenated alkanes) is 1. The average molecular weight is 667 g/mol. The third-order valence-electron chi connectivity index (χ3n) is 7.32. The van der Waals surface area contributed by atoms with Gasteiger partial charge in [0.25, 0.3) is 10.0 Å². The van der Waals surface area contributed by atoms with Crippen molar-refractivity contribution in [3.8, 4) is 0 Å². The molecule has 1 atom stereocenters. The van der Waals surface area contributed by atoms with Gasteiger partial charge in [-0.1, -0.05) is 115 Å². The minimum Gasteiger partial charge on any atom is -0.354 e. The van der Waals surface area contributed by atoms with Crippen LogP contribution in [0.4, 0.5) is 5.69 Å². The van der Waals surface area contributed by atoms with Gasteiger partial charge in [-0.05, 0) is 54.8 Å². The van der Waals surface area contributed by atoms with Crippen molar-refractivity contribution >= 4 is 50.7 Å². The fraction of sp³-hybridized carbons (Fsp3) is 0.257. The minimum absolute atomic E-state index is 0.00440. The molecule has 45 heavy (non-hydrogen) atoms. The highest BCUT2D eigenvalue weighted by Crippen LogP contribution is 2.30. The molecule has 236 valence electrons. The maximum absolute atomic E-state index is 14.5. The number of hydrogen-bond donors (Lipinski definition) is 1. The summed E-state index contributed by atoms with van der Waals surface area (Å²) in [6.45, 7) is 3.85. The normalized spacial score (nSPS) is 11.9. The topological polar surface area (TPSA) is 86.8 Å². The van der Waals surface area contributed by atoms with Crippen LogP contribution in [0.3, 0.4) is 0 Å². The summed E-state index contributed by atoms with van der Waals surface area (Å²) < 4.78 is 29.3. The van der Waals surface area contributed by atoms with E-state index in [9.17, 15) is 18.0 Å². The van der Waals surface area contributed by atoms with Gasteiger partial charge in [-0.25, -0.2) is 8.42 Å². The van der Waals surface area contributed by atoms with Gasteiger partial charge in [0.15, 0.2) is 0 Å². The number of rotatable bonds is 14. The Hall–Kier alpha value is -3.85. The Morgan fingerprint density at radius 2 is 1.40 bits per heavy atom. The molecular weight excluding hydrogens is 629 g/mol. The largest absolute Gasteiger partial charge is 0.354 e. The predicted octanol–water partition coefficient (Wildman–Crippen LogP) is 7.05. The summed E-state index contributed by atoms with van der Waals surface area (Å²) in [4.78, 5) is 29.7. The van der Waals surface area contributed by atoms with Crippen molar-refractivity contribution in [2.24, 2.45) is 0 Å². The minimum atomic E-state index is -4.26. The van der Waals surface area contributed by atoms with E-state index in [1.165, 1.54) is 35.2 Å². The van der Waals surface area contributed by atoms with E-state index in [4.69, 9.17) is 23.2 Å². The molecule has 0 aliphatic rings. The summed E-state index contributed by atoms with van der Waals surface area (Å²) >= 11 is 12.6. The molecule has 4 aromatic carbocycles. The van der Waals surface area contributed by atoms with E-state index in [1.807, 2.05) is 74.5 Å². The summed E-state index contributed by atoms with van der Waals surface area (Å²) in [5, 5.41) is 3.42. The molecule has 0 heterocycles. The summed E-state index contributed by atoms with van der Waals surface area (Å²) in [5.74, 6) is -0.868. The van der Waals surface area contributed by atoms with E-state index >= 15 is 0 Å². The van der Waals surface area contributed by atoms with Crippen molar-refractivity contribution in [2.45, 2.75) is 50.6 Å². The lowest BCUT2D eigenvalue weighted by Crippen LogP contribution is -2.53. The molecule has 0 aliphatic heterocycles. The summed E-state index contributed by atoms with van der Waals surface area (Å²) in [6.07, 6.45) is 1.92. The van der Waals surface area contributed by atoms with E-state index in [2.05, 4.69) is 5.32 Å². The van der Waals surface area contributed by atoms with Gasteiger partial charge in [-0.15, -0.1) is 0 Å². The van der Waals surface area contributed by atoms with Gasteiger partial charge in [0, 0.05) is 29.6 Å². The zero-order valence-electron chi connectivity index (χ0n) is 25.3. The number of sulfonamides is 1. The van der Waals surface area contributed by atoms with E-state index in [0.29, 0.717) is 6.54 Å². The lowest BCUT2D eigenvalue weighted by molar-refractivity contribution is -0.140. The van der Waals surface area contributed by atoms with Crippen LogP contribution in [0, 0.1) is 6.92 Å². The van der Waals surface area contributed by atoms with Gasteiger partial charge < -0.3 is 10.2 Å². The summed E-state index contributed by atoms with van der Waals surface area (Å²) in [7, 11) is -4.26. The van der Waals surface area contributed by atoms with Crippen LogP contribution >= 0.6 is 23.2 Å². The van der Waals surface area contributed by atoms with E-state index in [0.717, 1.165) is 33.8 Å². The molecular formula is C35H37Cl2N3O4S. The molecule has 4 aromatic rings. The van der Waals surface area contributed by atoms with Crippen LogP contribution in [0.25, 0.3) is 0 Å². The van der Waals surface area contributed by atoms with Crippen LogP contribution in [-0.2, 0) is 32.6 Å². The average Bonchev–Trinajstić information content (AvgIpc) is 3.02. The first-order chi connectivity index (χ1) is 21.6. The molecule has 2 amide bonds. The monoisotopic (exact) mass is 665 g/mol. The summed E-state index contributed by atoms with van der Waals surface area (Å²) in [5.41, 5.74) is 2.68. The van der Waals surface area contributed by atoms with Crippen molar-refractivity contribution in [3.05, 3.63) is 130 Å². The maximum Gasteiger partial charge on any atom is 0.264 e. The number of anilines is 1. The number of nitrogens with zero attached hydrogens (tertiary/aromatic N) is 2. The standard InChI is InChI=1S/C35H37Cl2N3O4S/c1-3-4-19-38-35(42)33(20-27-11-7-5-8-12-27)39(24-28-13-9-6-10-14-28)34(41)25-40(31-22-29(36)21-30(37)23-31)45(43,44)32-17-15-26(2)16-18-32/h5-18,21-23,33H,3-4,19-20,24-25H2,1-2H3,(H,38,42)/t33-/m0/s1. The highest BCUT2D eigenvalue weighted by molar-refractivity contribution is 7.92. The Morgan fingerprint density at radius 3 is 1.98 bits per heavy atom.